The molecule has 7 nitrogen and oxygen atoms in total. The zero-order valence-corrected chi connectivity index (χ0v) is 17.8. The van der Waals surface area contributed by atoms with E-state index >= 15 is 0 Å². The van der Waals surface area contributed by atoms with E-state index in [1.165, 1.54) is 0 Å². The van der Waals surface area contributed by atoms with E-state index < -0.39 is 0 Å². The maximum absolute atomic E-state index is 12.7. The van der Waals surface area contributed by atoms with Crippen LogP contribution in [0.25, 0.3) is 0 Å². The molecule has 2 heterocycles. The summed E-state index contributed by atoms with van der Waals surface area (Å²) in [4.78, 5) is 21.3. The summed E-state index contributed by atoms with van der Waals surface area (Å²) in [5, 5.41) is 12.5. The first-order valence-electron chi connectivity index (χ1n) is 10.3. The molecule has 1 amide bonds. The van der Waals surface area contributed by atoms with Gasteiger partial charge in [-0.2, -0.15) is 5.26 Å². The quantitative estimate of drug-likeness (QED) is 0.760. The Morgan fingerprint density at radius 2 is 1.90 bits per heavy atom. The van der Waals surface area contributed by atoms with Gasteiger partial charge in [-0.15, -0.1) is 0 Å². The Balaban J connectivity index is 1.55. The van der Waals surface area contributed by atoms with Gasteiger partial charge in [0.25, 0.3) is 0 Å². The Kier molecular flexibility index (Phi) is 7.26. The molecule has 1 aliphatic heterocycles. The second-order valence-electron chi connectivity index (χ2n) is 7.81. The highest BCUT2D eigenvalue weighted by atomic mass is 16.5. The molecule has 1 aromatic carbocycles. The predicted molar refractivity (Wildman–Crippen MR) is 116 cm³/mol. The van der Waals surface area contributed by atoms with E-state index in [-0.39, 0.29) is 17.9 Å². The Bertz CT molecular complexity index is 883. The van der Waals surface area contributed by atoms with Crippen LogP contribution in [-0.4, -0.2) is 55.6 Å². The van der Waals surface area contributed by atoms with Crippen LogP contribution < -0.4 is 15.0 Å². The third-order valence-electron chi connectivity index (χ3n) is 5.40. The summed E-state index contributed by atoms with van der Waals surface area (Å²) in [6.45, 7) is 7.56. The number of nitrogens with zero attached hydrogens (tertiary/aromatic N) is 4. The highest BCUT2D eigenvalue weighted by Crippen LogP contribution is 2.24. The SMILES string of the molecule is COc1ccc(C(NC(=O)CN2CCN(c3ncccc3C#N)CC2)C(C)C)cc1. The van der Waals surface area contributed by atoms with E-state index in [0.29, 0.717) is 12.1 Å². The number of piperazine rings is 1. The van der Waals surface area contributed by atoms with Crippen molar-refractivity contribution in [1.29, 1.82) is 5.26 Å². The lowest BCUT2D eigenvalue weighted by Gasteiger charge is -2.35. The van der Waals surface area contributed by atoms with Crippen molar-refractivity contribution in [2.24, 2.45) is 5.92 Å². The number of carbonyl (C=O) groups excluding carboxylic acids is 1. The number of aromatic nitrogens is 1. The smallest absolute Gasteiger partial charge is 0.234 e. The molecular formula is C23H29N5O2. The van der Waals surface area contributed by atoms with E-state index in [4.69, 9.17) is 4.74 Å². The molecule has 0 bridgehead atoms. The van der Waals surface area contributed by atoms with Crippen LogP contribution in [0.15, 0.2) is 42.6 Å². The lowest BCUT2D eigenvalue weighted by atomic mass is 9.96. The average molecular weight is 408 g/mol. The number of anilines is 1. The van der Waals surface area contributed by atoms with Crippen molar-refractivity contribution < 1.29 is 9.53 Å². The fourth-order valence-corrected chi connectivity index (χ4v) is 3.72. The number of carbonyl (C=O) groups is 1. The van der Waals surface area contributed by atoms with Crippen molar-refractivity contribution in [3.05, 3.63) is 53.7 Å². The Labute approximate surface area is 178 Å². The Morgan fingerprint density at radius 3 is 2.50 bits per heavy atom. The van der Waals surface area contributed by atoms with Crippen molar-refractivity contribution >= 4 is 11.7 Å². The number of nitriles is 1. The highest BCUT2D eigenvalue weighted by Gasteiger charge is 2.24. The third kappa shape index (κ3) is 5.28. The van der Waals surface area contributed by atoms with Crippen molar-refractivity contribution in [3.63, 3.8) is 0 Å². The van der Waals surface area contributed by atoms with Gasteiger partial charge in [-0.05, 0) is 35.7 Å². The molecule has 2 aromatic rings. The number of hydrogen-bond acceptors (Lipinski definition) is 6. The number of benzene rings is 1. The number of hydrogen-bond donors (Lipinski definition) is 1. The summed E-state index contributed by atoms with van der Waals surface area (Å²) in [6, 6.07) is 13.6. The number of amides is 1. The molecule has 30 heavy (non-hydrogen) atoms. The Hall–Kier alpha value is -3.11. The lowest BCUT2D eigenvalue weighted by molar-refractivity contribution is -0.123. The summed E-state index contributed by atoms with van der Waals surface area (Å²) in [5.74, 6) is 1.82. The van der Waals surface area contributed by atoms with Gasteiger partial charge in [-0.3, -0.25) is 9.69 Å². The van der Waals surface area contributed by atoms with Gasteiger partial charge in [0.05, 0.1) is 25.3 Å². The zero-order valence-electron chi connectivity index (χ0n) is 17.8. The van der Waals surface area contributed by atoms with Crippen LogP contribution in [0.3, 0.4) is 0 Å². The van der Waals surface area contributed by atoms with E-state index in [1.807, 2.05) is 24.3 Å². The summed E-state index contributed by atoms with van der Waals surface area (Å²) in [7, 11) is 1.64. The summed E-state index contributed by atoms with van der Waals surface area (Å²) < 4.78 is 5.23. The molecule has 0 spiro atoms. The van der Waals surface area contributed by atoms with Crippen LogP contribution in [0.5, 0.6) is 5.75 Å². The number of ether oxygens (including phenoxy) is 1. The van der Waals surface area contributed by atoms with E-state index in [9.17, 15) is 10.1 Å². The average Bonchev–Trinajstić information content (AvgIpc) is 2.78. The molecule has 7 heteroatoms. The lowest BCUT2D eigenvalue weighted by Crippen LogP contribution is -2.50. The van der Waals surface area contributed by atoms with Gasteiger partial charge in [0, 0.05) is 32.4 Å². The standard InChI is InChI=1S/C23H29N5O2/c1-17(2)22(18-6-8-20(30-3)9-7-18)26-21(29)16-27-11-13-28(14-12-27)23-19(15-24)5-4-10-25-23/h4-10,17,22H,11-14,16H2,1-3H3,(H,26,29). The van der Waals surface area contributed by atoms with Gasteiger partial charge in [0.2, 0.25) is 5.91 Å². The molecule has 1 aromatic heterocycles. The molecule has 3 rings (SSSR count). The molecule has 1 unspecified atom stereocenters. The monoisotopic (exact) mass is 407 g/mol. The topological polar surface area (TPSA) is 81.5 Å². The predicted octanol–water partition coefficient (Wildman–Crippen LogP) is 2.60. The molecule has 1 N–H and O–H groups in total. The van der Waals surface area contributed by atoms with Gasteiger partial charge in [-0.1, -0.05) is 26.0 Å². The molecule has 1 atom stereocenters. The first kappa shape index (κ1) is 21.6. The van der Waals surface area contributed by atoms with Crippen LogP contribution in [0, 0.1) is 17.2 Å². The van der Waals surface area contributed by atoms with E-state index in [0.717, 1.165) is 43.3 Å². The van der Waals surface area contributed by atoms with Crippen molar-refractivity contribution in [2.45, 2.75) is 19.9 Å². The fourth-order valence-electron chi connectivity index (χ4n) is 3.72. The van der Waals surface area contributed by atoms with Gasteiger partial charge < -0.3 is 15.0 Å². The first-order chi connectivity index (χ1) is 14.5. The molecule has 0 saturated carbocycles. The van der Waals surface area contributed by atoms with Crippen molar-refractivity contribution in [1.82, 2.24) is 15.2 Å². The van der Waals surface area contributed by atoms with Crippen LogP contribution in [0.4, 0.5) is 5.82 Å². The number of pyridine rings is 1. The van der Waals surface area contributed by atoms with Crippen LogP contribution in [0.2, 0.25) is 0 Å². The molecule has 158 valence electrons. The van der Waals surface area contributed by atoms with Crippen LogP contribution >= 0.6 is 0 Å². The largest absolute Gasteiger partial charge is 0.497 e. The van der Waals surface area contributed by atoms with Crippen molar-refractivity contribution in [3.8, 4) is 11.8 Å². The van der Waals surface area contributed by atoms with E-state index in [2.05, 4.69) is 40.0 Å². The summed E-state index contributed by atoms with van der Waals surface area (Å²) in [6.07, 6.45) is 1.71. The molecular weight excluding hydrogens is 378 g/mol. The van der Waals surface area contributed by atoms with Gasteiger partial charge in [0.15, 0.2) is 0 Å². The number of methoxy groups -OCH3 is 1. The third-order valence-corrected chi connectivity index (χ3v) is 5.40. The Morgan fingerprint density at radius 1 is 1.20 bits per heavy atom. The molecule has 1 saturated heterocycles. The normalized spacial score (nSPS) is 15.5. The minimum Gasteiger partial charge on any atom is -0.497 e. The molecule has 0 radical (unpaired) electrons. The molecule has 1 fully saturated rings. The minimum absolute atomic E-state index is 0.0218. The summed E-state index contributed by atoms with van der Waals surface area (Å²) >= 11 is 0. The minimum atomic E-state index is -0.0450. The molecule has 1 aliphatic rings. The van der Waals surface area contributed by atoms with Crippen LogP contribution in [-0.2, 0) is 4.79 Å². The maximum Gasteiger partial charge on any atom is 0.234 e. The van der Waals surface area contributed by atoms with Gasteiger partial charge in [0.1, 0.15) is 17.6 Å². The highest BCUT2D eigenvalue weighted by molar-refractivity contribution is 5.78. The molecule has 0 aliphatic carbocycles. The maximum atomic E-state index is 12.7. The second-order valence-corrected chi connectivity index (χ2v) is 7.81. The van der Waals surface area contributed by atoms with Crippen molar-refractivity contribution in [2.75, 3.05) is 44.7 Å². The van der Waals surface area contributed by atoms with Gasteiger partial charge in [-0.25, -0.2) is 4.98 Å². The van der Waals surface area contributed by atoms with E-state index in [1.54, 1.807) is 25.4 Å². The van der Waals surface area contributed by atoms with Gasteiger partial charge >= 0.3 is 0 Å². The summed E-state index contributed by atoms with van der Waals surface area (Å²) in [5.41, 5.74) is 1.66. The van der Waals surface area contributed by atoms with Crippen LogP contribution in [0.1, 0.15) is 31.0 Å². The number of rotatable bonds is 7. The zero-order chi connectivity index (χ0) is 21.5. The second kappa shape index (κ2) is 10.1. The number of nitrogens with one attached hydrogen (secondary N) is 1. The fraction of sp³-hybridized carbons (Fsp3) is 0.435. The first-order valence-corrected chi connectivity index (χ1v) is 10.3.